The Morgan fingerprint density at radius 1 is 1.10 bits per heavy atom. The topological polar surface area (TPSA) is 113 Å². The number of nitrogens with one attached hydrogen (secondary N) is 3. The number of carbonyl (C=O) groups is 2. The van der Waals surface area contributed by atoms with Gasteiger partial charge in [0.1, 0.15) is 12.6 Å². The van der Waals surface area contributed by atoms with Crippen LogP contribution in [0.2, 0.25) is 0 Å². The third-order valence-corrected chi connectivity index (χ3v) is 6.64. The molecule has 4 aromatic rings. The van der Waals surface area contributed by atoms with Crippen molar-refractivity contribution in [2.24, 2.45) is 5.10 Å². The van der Waals surface area contributed by atoms with E-state index in [1.807, 2.05) is 50.2 Å². The molecule has 0 fully saturated rings. The standard InChI is InChI=1S/C31H36N6O3/c1-21-15-24(22(2)37(21)27-13-11-25(12-14-27)31(3,4)5)17-34-36-29(38)28(16-26-18-32-20-33-26)35-30(39)40-19-23-9-7-6-8-10-23/h6-15,17-18,20,28H,16,19H2,1-5H3,(H,32,33)(H,35,39)(H,36,38)/b34-17-/t28-/m0/s1. The van der Waals surface area contributed by atoms with Crippen LogP contribution in [0.25, 0.3) is 5.69 Å². The number of aromatic amines is 1. The van der Waals surface area contributed by atoms with Crippen molar-refractivity contribution in [2.45, 2.75) is 59.1 Å². The molecule has 0 saturated carbocycles. The molecule has 0 unspecified atom stereocenters. The maximum absolute atomic E-state index is 13.0. The monoisotopic (exact) mass is 540 g/mol. The normalized spacial score (nSPS) is 12.3. The number of H-pyrrole nitrogens is 1. The first-order valence-corrected chi connectivity index (χ1v) is 13.2. The van der Waals surface area contributed by atoms with E-state index < -0.39 is 18.0 Å². The van der Waals surface area contributed by atoms with E-state index in [2.05, 4.69) is 75.4 Å². The first-order valence-electron chi connectivity index (χ1n) is 13.2. The SMILES string of the molecule is Cc1cc(/C=N\NC(=O)[C@H](Cc2cnc[nH]2)NC(=O)OCc2ccccc2)c(C)n1-c1ccc(C(C)(C)C)cc1. The number of hydrazone groups is 1. The summed E-state index contributed by atoms with van der Waals surface area (Å²) in [6.45, 7) is 10.7. The average Bonchev–Trinajstić information content (AvgIpc) is 3.54. The van der Waals surface area contributed by atoms with Crippen LogP contribution in [-0.4, -0.2) is 38.8 Å². The van der Waals surface area contributed by atoms with Crippen molar-refractivity contribution >= 4 is 18.2 Å². The lowest BCUT2D eigenvalue weighted by molar-refractivity contribution is -0.123. The van der Waals surface area contributed by atoms with Gasteiger partial charge in [-0.15, -0.1) is 0 Å². The number of ether oxygens (including phenoxy) is 1. The minimum Gasteiger partial charge on any atom is -0.445 e. The molecular formula is C31H36N6O3. The molecule has 4 rings (SSSR count). The molecule has 40 heavy (non-hydrogen) atoms. The highest BCUT2D eigenvalue weighted by atomic mass is 16.5. The average molecular weight is 541 g/mol. The van der Waals surface area contributed by atoms with Crippen molar-refractivity contribution in [2.75, 3.05) is 0 Å². The second-order valence-electron chi connectivity index (χ2n) is 10.7. The maximum Gasteiger partial charge on any atom is 0.408 e. The smallest absolute Gasteiger partial charge is 0.408 e. The second-order valence-corrected chi connectivity index (χ2v) is 10.7. The van der Waals surface area contributed by atoms with Gasteiger partial charge in [0.25, 0.3) is 5.91 Å². The van der Waals surface area contributed by atoms with Gasteiger partial charge in [0, 0.05) is 41.0 Å². The van der Waals surface area contributed by atoms with Gasteiger partial charge in [0.15, 0.2) is 0 Å². The molecule has 2 aromatic heterocycles. The summed E-state index contributed by atoms with van der Waals surface area (Å²) in [6.07, 6.45) is 4.22. The number of nitrogens with zero attached hydrogens (tertiary/aromatic N) is 3. The summed E-state index contributed by atoms with van der Waals surface area (Å²) in [6, 6.07) is 19.0. The molecule has 0 spiro atoms. The highest BCUT2D eigenvalue weighted by Crippen LogP contribution is 2.25. The van der Waals surface area contributed by atoms with Crippen LogP contribution >= 0.6 is 0 Å². The van der Waals surface area contributed by atoms with Gasteiger partial charge < -0.3 is 19.6 Å². The molecule has 2 heterocycles. The molecule has 9 nitrogen and oxygen atoms in total. The number of hydrogen-bond acceptors (Lipinski definition) is 5. The van der Waals surface area contributed by atoms with E-state index in [-0.39, 0.29) is 18.4 Å². The van der Waals surface area contributed by atoms with Crippen LogP contribution < -0.4 is 10.7 Å². The molecule has 0 aliphatic rings. The largest absolute Gasteiger partial charge is 0.445 e. The van der Waals surface area contributed by atoms with Gasteiger partial charge in [-0.1, -0.05) is 63.2 Å². The second kappa shape index (κ2) is 12.5. The predicted octanol–water partition coefficient (Wildman–Crippen LogP) is 5.10. The molecule has 0 saturated heterocycles. The number of amides is 2. The molecule has 208 valence electrons. The molecule has 9 heteroatoms. The highest BCUT2D eigenvalue weighted by Gasteiger charge is 2.23. The van der Waals surface area contributed by atoms with E-state index in [4.69, 9.17) is 4.74 Å². The van der Waals surface area contributed by atoms with E-state index in [1.165, 1.54) is 11.9 Å². The summed E-state index contributed by atoms with van der Waals surface area (Å²) < 4.78 is 7.46. The minimum absolute atomic E-state index is 0.0814. The summed E-state index contributed by atoms with van der Waals surface area (Å²) in [4.78, 5) is 32.4. The van der Waals surface area contributed by atoms with Gasteiger partial charge in [-0.2, -0.15) is 5.10 Å². The molecule has 3 N–H and O–H groups in total. The molecular weight excluding hydrogens is 504 g/mol. The number of benzene rings is 2. The number of carbonyl (C=O) groups excluding carboxylic acids is 2. The van der Waals surface area contributed by atoms with Crippen LogP contribution in [0.3, 0.4) is 0 Å². The summed E-state index contributed by atoms with van der Waals surface area (Å²) in [5.41, 5.74) is 9.42. The first kappa shape index (κ1) is 28.4. The third kappa shape index (κ3) is 7.25. The number of aryl methyl sites for hydroxylation is 1. The van der Waals surface area contributed by atoms with Crippen molar-refractivity contribution in [3.63, 3.8) is 0 Å². The number of imidazole rings is 1. The molecule has 1 atom stereocenters. The molecule has 0 radical (unpaired) electrons. The fourth-order valence-corrected chi connectivity index (χ4v) is 4.40. The molecule has 0 bridgehead atoms. The lowest BCUT2D eigenvalue weighted by Crippen LogP contribution is -2.47. The van der Waals surface area contributed by atoms with Gasteiger partial charge in [0.05, 0.1) is 12.5 Å². The fourth-order valence-electron chi connectivity index (χ4n) is 4.40. The fraction of sp³-hybridized carbons (Fsp3) is 0.290. The van der Waals surface area contributed by atoms with Gasteiger partial charge in [-0.25, -0.2) is 15.2 Å². The van der Waals surface area contributed by atoms with Crippen molar-refractivity contribution in [1.29, 1.82) is 0 Å². The molecule has 2 amide bonds. The van der Waals surface area contributed by atoms with E-state index in [0.29, 0.717) is 5.69 Å². The van der Waals surface area contributed by atoms with Crippen molar-refractivity contribution < 1.29 is 14.3 Å². The number of alkyl carbamates (subject to hydrolysis) is 1. The highest BCUT2D eigenvalue weighted by molar-refractivity contribution is 5.88. The number of rotatable bonds is 9. The zero-order valence-corrected chi connectivity index (χ0v) is 23.6. The quantitative estimate of drug-likeness (QED) is 0.202. The van der Waals surface area contributed by atoms with E-state index in [1.54, 1.807) is 12.4 Å². The molecule has 0 aliphatic heterocycles. The summed E-state index contributed by atoms with van der Waals surface area (Å²) in [5.74, 6) is -0.478. The summed E-state index contributed by atoms with van der Waals surface area (Å²) >= 11 is 0. The van der Waals surface area contributed by atoms with Gasteiger partial charge in [-0.3, -0.25) is 4.79 Å². The Morgan fingerprint density at radius 3 is 2.48 bits per heavy atom. The van der Waals surface area contributed by atoms with E-state index in [0.717, 1.165) is 28.2 Å². The Bertz CT molecular complexity index is 1450. The van der Waals surface area contributed by atoms with Crippen LogP contribution in [0, 0.1) is 13.8 Å². The van der Waals surface area contributed by atoms with Crippen LogP contribution in [0.5, 0.6) is 0 Å². The van der Waals surface area contributed by atoms with Gasteiger partial charge >= 0.3 is 6.09 Å². The van der Waals surface area contributed by atoms with E-state index >= 15 is 0 Å². The van der Waals surface area contributed by atoms with Crippen LogP contribution in [0.4, 0.5) is 4.79 Å². The van der Waals surface area contributed by atoms with Gasteiger partial charge in [-0.05, 0) is 48.6 Å². The lowest BCUT2D eigenvalue weighted by Gasteiger charge is -2.20. The molecule has 2 aromatic carbocycles. The molecule has 0 aliphatic carbocycles. The van der Waals surface area contributed by atoms with Crippen molar-refractivity contribution in [3.05, 3.63) is 107 Å². The Balaban J connectivity index is 1.42. The minimum atomic E-state index is -0.922. The van der Waals surface area contributed by atoms with Crippen LogP contribution in [0.1, 0.15) is 54.5 Å². The van der Waals surface area contributed by atoms with Gasteiger partial charge in [0.2, 0.25) is 0 Å². The maximum atomic E-state index is 13.0. The zero-order chi connectivity index (χ0) is 28.7. The Hall–Kier alpha value is -4.66. The van der Waals surface area contributed by atoms with E-state index in [9.17, 15) is 9.59 Å². The number of aromatic nitrogens is 3. The Kier molecular flexibility index (Phi) is 8.83. The van der Waals surface area contributed by atoms with Crippen LogP contribution in [0.15, 0.2) is 78.3 Å². The Morgan fingerprint density at radius 2 is 1.82 bits per heavy atom. The lowest BCUT2D eigenvalue weighted by atomic mass is 9.87. The Labute approximate surface area is 234 Å². The van der Waals surface area contributed by atoms with Crippen LogP contribution in [-0.2, 0) is 28.0 Å². The summed E-state index contributed by atoms with van der Waals surface area (Å²) in [7, 11) is 0. The van der Waals surface area contributed by atoms with Crippen molar-refractivity contribution in [1.82, 2.24) is 25.3 Å². The van der Waals surface area contributed by atoms with Crippen molar-refractivity contribution in [3.8, 4) is 5.69 Å². The number of hydrogen-bond donors (Lipinski definition) is 3. The first-order chi connectivity index (χ1) is 19.1. The summed E-state index contributed by atoms with van der Waals surface area (Å²) in [5, 5.41) is 6.83. The zero-order valence-electron chi connectivity index (χ0n) is 23.6. The third-order valence-electron chi connectivity index (χ3n) is 6.64. The predicted molar refractivity (Wildman–Crippen MR) is 156 cm³/mol.